The van der Waals surface area contributed by atoms with Crippen LogP contribution in [0.5, 0.6) is 0 Å². The Labute approximate surface area is 154 Å². The molecule has 2 rings (SSSR count). The third-order valence-corrected chi connectivity index (χ3v) is 4.07. The van der Waals surface area contributed by atoms with Crippen molar-refractivity contribution in [2.24, 2.45) is 0 Å². The number of aromatic nitrogens is 3. The van der Waals surface area contributed by atoms with E-state index >= 15 is 0 Å². The molecule has 0 spiro atoms. The lowest BCUT2D eigenvalue weighted by atomic mass is 10.1. The number of fused-ring (bicyclic) bond motifs is 1. The van der Waals surface area contributed by atoms with Crippen LogP contribution in [0.2, 0.25) is 0 Å². The molecule has 26 heavy (non-hydrogen) atoms. The van der Waals surface area contributed by atoms with E-state index < -0.39 is 5.97 Å². The van der Waals surface area contributed by atoms with Gasteiger partial charge in [-0.25, -0.2) is 14.5 Å². The van der Waals surface area contributed by atoms with Crippen molar-refractivity contribution < 1.29 is 14.3 Å². The Morgan fingerprint density at radius 3 is 2.62 bits per heavy atom. The number of hydrogen-bond donors (Lipinski definition) is 1. The number of nitrogens with one attached hydrogen (secondary N) is 1. The molecule has 0 radical (unpaired) electrons. The number of carbonyl (C=O) groups excluding carboxylic acids is 2. The Balaban J connectivity index is 2.24. The lowest BCUT2D eigenvalue weighted by Crippen LogP contribution is -2.29. The summed E-state index contributed by atoms with van der Waals surface area (Å²) in [5, 5.41) is 7.72. The fourth-order valence-electron chi connectivity index (χ4n) is 2.54. The molecule has 0 saturated carbocycles. The summed E-state index contributed by atoms with van der Waals surface area (Å²) in [6.45, 7) is 10.4. The van der Waals surface area contributed by atoms with Crippen LogP contribution in [0.3, 0.4) is 0 Å². The zero-order chi connectivity index (χ0) is 19.3. The Hall–Kier alpha value is -2.44. The molecule has 0 aliphatic carbocycles. The summed E-state index contributed by atoms with van der Waals surface area (Å²) in [6, 6.07) is 1.85. The van der Waals surface area contributed by atoms with Crippen LogP contribution in [0.15, 0.2) is 12.3 Å². The number of pyridine rings is 1. The summed E-state index contributed by atoms with van der Waals surface area (Å²) in [7, 11) is 0. The van der Waals surface area contributed by atoms with Gasteiger partial charge in [-0.1, -0.05) is 27.2 Å². The summed E-state index contributed by atoms with van der Waals surface area (Å²) in [6.07, 6.45) is 3.52. The van der Waals surface area contributed by atoms with Crippen molar-refractivity contribution in [3.05, 3.63) is 23.5 Å². The van der Waals surface area contributed by atoms with Gasteiger partial charge in [-0.15, -0.1) is 0 Å². The molecular weight excluding hydrogens is 332 g/mol. The van der Waals surface area contributed by atoms with Crippen molar-refractivity contribution in [2.75, 3.05) is 13.2 Å². The van der Waals surface area contributed by atoms with Gasteiger partial charge in [-0.05, 0) is 32.3 Å². The van der Waals surface area contributed by atoms with E-state index in [0.29, 0.717) is 23.1 Å². The quantitative estimate of drug-likeness (QED) is 0.577. The number of amides is 1. The number of carbonyl (C=O) groups is 2. The topological polar surface area (TPSA) is 86.1 Å². The SMILES string of the molecule is CCCCNC(=O)COC(=O)c1cc(C(C)C)nc2c1cnn2C(C)C. The molecule has 1 N–H and O–H groups in total. The maximum Gasteiger partial charge on any atom is 0.339 e. The molecule has 0 aromatic carbocycles. The van der Waals surface area contributed by atoms with Gasteiger partial charge in [0.1, 0.15) is 0 Å². The Morgan fingerprint density at radius 2 is 2.00 bits per heavy atom. The second kappa shape index (κ2) is 8.78. The molecule has 0 bridgehead atoms. The van der Waals surface area contributed by atoms with Crippen molar-refractivity contribution in [1.82, 2.24) is 20.1 Å². The van der Waals surface area contributed by atoms with E-state index in [1.807, 2.05) is 34.6 Å². The normalized spacial score (nSPS) is 11.3. The molecule has 0 aliphatic rings. The standard InChI is InChI=1S/C19H28N4O3/c1-6-7-8-20-17(24)11-26-19(25)14-9-16(12(2)3)22-18-15(14)10-21-23(18)13(4)5/h9-10,12-13H,6-8,11H2,1-5H3,(H,20,24). The molecule has 2 aromatic rings. The summed E-state index contributed by atoms with van der Waals surface area (Å²) < 4.78 is 7.00. The number of ether oxygens (including phenoxy) is 1. The molecule has 0 atom stereocenters. The monoisotopic (exact) mass is 360 g/mol. The molecule has 1 amide bonds. The fourth-order valence-corrected chi connectivity index (χ4v) is 2.54. The molecule has 2 aromatic heterocycles. The minimum Gasteiger partial charge on any atom is -0.452 e. The van der Waals surface area contributed by atoms with Gasteiger partial charge in [0.2, 0.25) is 0 Å². The van der Waals surface area contributed by atoms with Gasteiger partial charge in [0.05, 0.1) is 17.1 Å². The average Bonchev–Trinajstić information content (AvgIpc) is 3.03. The fraction of sp³-hybridized carbons (Fsp3) is 0.579. The maximum atomic E-state index is 12.6. The summed E-state index contributed by atoms with van der Waals surface area (Å²) in [5.41, 5.74) is 1.84. The first-order chi connectivity index (χ1) is 12.3. The zero-order valence-electron chi connectivity index (χ0n) is 16.2. The van der Waals surface area contributed by atoms with Crippen LogP contribution in [-0.2, 0) is 9.53 Å². The van der Waals surface area contributed by atoms with Gasteiger partial charge in [0.15, 0.2) is 12.3 Å². The number of nitrogens with zero attached hydrogens (tertiary/aromatic N) is 3. The molecule has 0 aliphatic heterocycles. The zero-order valence-corrected chi connectivity index (χ0v) is 16.2. The van der Waals surface area contributed by atoms with E-state index in [2.05, 4.69) is 15.4 Å². The number of rotatable bonds is 8. The number of unbranched alkanes of at least 4 members (excludes halogenated alkanes) is 1. The van der Waals surface area contributed by atoms with Crippen molar-refractivity contribution >= 4 is 22.9 Å². The highest BCUT2D eigenvalue weighted by Crippen LogP contribution is 2.24. The molecule has 0 fully saturated rings. The van der Waals surface area contributed by atoms with Crippen LogP contribution >= 0.6 is 0 Å². The highest BCUT2D eigenvalue weighted by Gasteiger charge is 2.20. The van der Waals surface area contributed by atoms with Gasteiger partial charge in [0, 0.05) is 18.3 Å². The van der Waals surface area contributed by atoms with Gasteiger partial charge in [0.25, 0.3) is 5.91 Å². The summed E-state index contributed by atoms with van der Waals surface area (Å²) in [4.78, 5) is 29.0. The second-order valence-electron chi connectivity index (χ2n) is 6.95. The van der Waals surface area contributed by atoms with Gasteiger partial charge >= 0.3 is 5.97 Å². The highest BCUT2D eigenvalue weighted by molar-refractivity contribution is 6.03. The minimum atomic E-state index is -0.534. The number of hydrogen-bond acceptors (Lipinski definition) is 5. The second-order valence-corrected chi connectivity index (χ2v) is 6.95. The summed E-state index contributed by atoms with van der Waals surface area (Å²) in [5.74, 6) is -0.675. The van der Waals surface area contributed by atoms with Gasteiger partial charge < -0.3 is 10.1 Å². The van der Waals surface area contributed by atoms with Crippen LogP contribution in [-0.4, -0.2) is 39.8 Å². The van der Waals surface area contributed by atoms with Gasteiger partial charge in [-0.3, -0.25) is 4.79 Å². The first kappa shape index (κ1) is 19.9. The number of esters is 1. The molecule has 0 unspecified atom stereocenters. The average molecular weight is 360 g/mol. The van der Waals surface area contributed by atoms with Gasteiger partial charge in [-0.2, -0.15) is 5.10 Å². The first-order valence-electron chi connectivity index (χ1n) is 9.17. The van der Waals surface area contributed by atoms with Crippen LogP contribution < -0.4 is 5.32 Å². The van der Waals surface area contributed by atoms with E-state index in [1.165, 1.54) is 0 Å². The third-order valence-electron chi connectivity index (χ3n) is 4.07. The smallest absolute Gasteiger partial charge is 0.339 e. The van der Waals surface area contributed by atoms with Crippen molar-refractivity contribution in [3.8, 4) is 0 Å². The van der Waals surface area contributed by atoms with E-state index in [4.69, 9.17) is 4.74 Å². The molecular formula is C19H28N4O3. The molecule has 142 valence electrons. The first-order valence-corrected chi connectivity index (χ1v) is 9.17. The lowest BCUT2D eigenvalue weighted by molar-refractivity contribution is -0.124. The van der Waals surface area contributed by atoms with Crippen LogP contribution in [0, 0.1) is 0 Å². The van der Waals surface area contributed by atoms with Crippen molar-refractivity contribution in [1.29, 1.82) is 0 Å². The lowest BCUT2D eigenvalue weighted by Gasteiger charge is -2.12. The Morgan fingerprint density at radius 1 is 1.27 bits per heavy atom. The van der Waals surface area contributed by atoms with E-state index in [9.17, 15) is 9.59 Å². The van der Waals surface area contributed by atoms with E-state index in [-0.39, 0.29) is 24.5 Å². The molecule has 7 heteroatoms. The predicted octanol–water partition coefficient (Wildman–Crippen LogP) is 3.21. The Bertz CT molecular complexity index is 780. The van der Waals surface area contributed by atoms with Crippen LogP contribution in [0.4, 0.5) is 0 Å². The Kier molecular flexibility index (Phi) is 6.71. The molecule has 7 nitrogen and oxygen atoms in total. The predicted molar refractivity (Wildman–Crippen MR) is 100 cm³/mol. The van der Waals surface area contributed by atoms with E-state index in [1.54, 1.807) is 16.9 Å². The molecule has 2 heterocycles. The van der Waals surface area contributed by atoms with Crippen molar-refractivity contribution in [3.63, 3.8) is 0 Å². The third kappa shape index (κ3) is 4.59. The summed E-state index contributed by atoms with van der Waals surface area (Å²) >= 11 is 0. The molecule has 0 saturated heterocycles. The maximum absolute atomic E-state index is 12.6. The highest BCUT2D eigenvalue weighted by atomic mass is 16.5. The largest absolute Gasteiger partial charge is 0.452 e. The van der Waals surface area contributed by atoms with Crippen LogP contribution in [0.25, 0.3) is 11.0 Å². The minimum absolute atomic E-state index is 0.121. The van der Waals surface area contributed by atoms with Crippen molar-refractivity contribution in [2.45, 2.75) is 59.4 Å². The van der Waals surface area contributed by atoms with Crippen LogP contribution in [0.1, 0.15) is 75.5 Å². The van der Waals surface area contributed by atoms with E-state index in [0.717, 1.165) is 18.5 Å².